The molecule has 0 saturated heterocycles. The lowest BCUT2D eigenvalue weighted by Crippen LogP contribution is -2.41. The molecule has 1 atom stereocenters. The van der Waals surface area contributed by atoms with E-state index in [1.165, 1.54) is 0 Å². The highest BCUT2D eigenvalue weighted by atomic mass is 19.4. The van der Waals surface area contributed by atoms with Gasteiger partial charge in [-0.05, 0) is 13.3 Å². The van der Waals surface area contributed by atoms with E-state index in [4.69, 9.17) is 5.11 Å². The number of aromatic nitrogens is 2. The van der Waals surface area contributed by atoms with Crippen LogP contribution in [0.5, 0.6) is 0 Å². The van der Waals surface area contributed by atoms with Gasteiger partial charge in [0.25, 0.3) is 5.91 Å². The minimum Gasteiger partial charge on any atom is -0.480 e. The highest BCUT2D eigenvalue weighted by Crippen LogP contribution is 2.30. The van der Waals surface area contributed by atoms with Crippen molar-refractivity contribution < 1.29 is 27.9 Å². The van der Waals surface area contributed by atoms with E-state index in [0.29, 0.717) is 12.8 Å². The van der Waals surface area contributed by atoms with Gasteiger partial charge in [0.05, 0.1) is 5.56 Å². The topological polar surface area (TPSA) is 84.2 Å². The number of aliphatic carboxylic acids is 1. The Kier molecular flexibility index (Phi) is 5.95. The number of carboxylic acids is 1. The maximum absolute atomic E-state index is 12.9. The molecule has 1 aromatic heterocycles. The fourth-order valence-corrected chi connectivity index (χ4v) is 1.86. The smallest absolute Gasteiger partial charge is 0.435 e. The average molecular weight is 321 g/mol. The normalized spacial score (nSPS) is 13.0. The summed E-state index contributed by atoms with van der Waals surface area (Å²) in [4.78, 5) is 23.0. The Bertz CT molecular complexity index is 540. The van der Waals surface area contributed by atoms with Gasteiger partial charge < -0.3 is 10.4 Å². The predicted octanol–water partition coefficient (Wildman–Crippen LogP) is 2.29. The predicted molar refractivity (Wildman–Crippen MR) is 71.3 cm³/mol. The number of hydrogen-bond donors (Lipinski definition) is 2. The van der Waals surface area contributed by atoms with Crippen LogP contribution in [-0.4, -0.2) is 32.8 Å². The van der Waals surface area contributed by atoms with Crippen molar-refractivity contribution in [1.82, 2.24) is 15.1 Å². The van der Waals surface area contributed by atoms with E-state index in [1.54, 1.807) is 6.92 Å². The van der Waals surface area contributed by atoms with Crippen LogP contribution in [0.2, 0.25) is 0 Å². The molecule has 1 amide bonds. The zero-order chi connectivity index (χ0) is 16.9. The van der Waals surface area contributed by atoms with Gasteiger partial charge in [-0.1, -0.05) is 19.8 Å². The molecule has 6 nitrogen and oxygen atoms in total. The second-order valence-corrected chi connectivity index (χ2v) is 4.75. The van der Waals surface area contributed by atoms with Crippen LogP contribution in [0.1, 0.15) is 49.2 Å². The number of nitrogens with one attached hydrogen (secondary N) is 1. The summed E-state index contributed by atoms with van der Waals surface area (Å²) in [7, 11) is 0. The van der Waals surface area contributed by atoms with Crippen molar-refractivity contribution in [2.75, 3.05) is 0 Å². The minimum absolute atomic E-state index is 0.154. The Morgan fingerprint density at radius 2 is 2.05 bits per heavy atom. The number of unbranched alkanes of at least 4 members (excludes halogenated alkanes) is 1. The highest BCUT2D eigenvalue weighted by molar-refractivity contribution is 5.97. The summed E-state index contributed by atoms with van der Waals surface area (Å²) < 4.78 is 39.6. The van der Waals surface area contributed by atoms with E-state index >= 15 is 0 Å². The fourth-order valence-electron chi connectivity index (χ4n) is 1.86. The van der Waals surface area contributed by atoms with E-state index in [0.717, 1.165) is 10.9 Å². The lowest BCUT2D eigenvalue weighted by molar-refractivity contribution is -0.141. The van der Waals surface area contributed by atoms with Crippen LogP contribution in [0, 0.1) is 0 Å². The molecule has 0 aliphatic carbocycles. The van der Waals surface area contributed by atoms with E-state index in [9.17, 15) is 22.8 Å². The van der Waals surface area contributed by atoms with Crippen molar-refractivity contribution in [2.45, 2.75) is 51.9 Å². The van der Waals surface area contributed by atoms with Crippen LogP contribution in [0.25, 0.3) is 0 Å². The number of aryl methyl sites for hydroxylation is 1. The van der Waals surface area contributed by atoms with E-state index in [-0.39, 0.29) is 13.0 Å². The van der Waals surface area contributed by atoms with Crippen LogP contribution in [0.4, 0.5) is 13.2 Å². The number of hydrogen-bond acceptors (Lipinski definition) is 3. The molecule has 2 N–H and O–H groups in total. The first-order valence-corrected chi connectivity index (χ1v) is 6.89. The molecule has 0 aliphatic rings. The second kappa shape index (κ2) is 7.28. The lowest BCUT2D eigenvalue weighted by Gasteiger charge is -2.14. The van der Waals surface area contributed by atoms with E-state index in [1.807, 2.05) is 6.92 Å². The van der Waals surface area contributed by atoms with Gasteiger partial charge in [0, 0.05) is 12.7 Å². The van der Waals surface area contributed by atoms with Gasteiger partial charge in [-0.25, -0.2) is 4.79 Å². The molecule has 0 bridgehead atoms. The first-order valence-electron chi connectivity index (χ1n) is 6.89. The molecule has 1 aromatic rings. The number of rotatable bonds is 7. The largest absolute Gasteiger partial charge is 0.480 e. The summed E-state index contributed by atoms with van der Waals surface area (Å²) in [6, 6.07) is -1.22. The summed E-state index contributed by atoms with van der Waals surface area (Å²) >= 11 is 0. The zero-order valence-electron chi connectivity index (χ0n) is 12.3. The third-order valence-electron chi connectivity index (χ3n) is 3.05. The molecule has 0 radical (unpaired) electrons. The van der Waals surface area contributed by atoms with Gasteiger partial charge in [0.15, 0.2) is 5.69 Å². The van der Waals surface area contributed by atoms with Gasteiger partial charge >= 0.3 is 12.1 Å². The van der Waals surface area contributed by atoms with Crippen molar-refractivity contribution in [3.63, 3.8) is 0 Å². The SMILES string of the molecule is CCCCC(NC(=O)c1cn(CC)nc1C(F)(F)F)C(=O)O. The third kappa shape index (κ3) is 4.47. The van der Waals surface area contributed by atoms with Crippen molar-refractivity contribution in [3.05, 3.63) is 17.5 Å². The molecule has 22 heavy (non-hydrogen) atoms. The number of amides is 1. The monoisotopic (exact) mass is 321 g/mol. The number of carbonyl (C=O) groups excluding carboxylic acids is 1. The summed E-state index contributed by atoms with van der Waals surface area (Å²) in [5, 5.41) is 14.5. The summed E-state index contributed by atoms with van der Waals surface area (Å²) in [6.07, 6.45) is -2.41. The van der Waals surface area contributed by atoms with Crippen molar-refractivity contribution in [2.24, 2.45) is 0 Å². The Morgan fingerprint density at radius 1 is 1.41 bits per heavy atom. The van der Waals surface area contributed by atoms with Gasteiger partial charge in [0.1, 0.15) is 6.04 Å². The van der Waals surface area contributed by atoms with Crippen LogP contribution in [0.3, 0.4) is 0 Å². The molecule has 0 fully saturated rings. The van der Waals surface area contributed by atoms with Gasteiger partial charge in [-0.3, -0.25) is 9.48 Å². The Balaban J connectivity index is 3.01. The molecule has 1 rings (SSSR count). The van der Waals surface area contributed by atoms with E-state index in [2.05, 4.69) is 10.4 Å². The van der Waals surface area contributed by atoms with Crippen molar-refractivity contribution in [3.8, 4) is 0 Å². The van der Waals surface area contributed by atoms with Crippen LogP contribution in [-0.2, 0) is 17.5 Å². The zero-order valence-corrected chi connectivity index (χ0v) is 12.3. The van der Waals surface area contributed by atoms with Crippen LogP contribution < -0.4 is 5.32 Å². The fraction of sp³-hybridized carbons (Fsp3) is 0.615. The van der Waals surface area contributed by atoms with Gasteiger partial charge in [-0.2, -0.15) is 18.3 Å². The molecular weight excluding hydrogens is 303 g/mol. The molecule has 9 heteroatoms. The number of halogens is 3. The highest BCUT2D eigenvalue weighted by Gasteiger charge is 2.39. The first-order chi connectivity index (χ1) is 10.2. The molecule has 0 spiro atoms. The van der Waals surface area contributed by atoms with Crippen LogP contribution >= 0.6 is 0 Å². The second-order valence-electron chi connectivity index (χ2n) is 4.75. The van der Waals surface area contributed by atoms with E-state index < -0.39 is 35.4 Å². The summed E-state index contributed by atoms with van der Waals surface area (Å²) in [6.45, 7) is 3.58. The molecule has 0 saturated carbocycles. The van der Waals surface area contributed by atoms with Gasteiger partial charge in [0.2, 0.25) is 0 Å². The molecule has 0 aliphatic heterocycles. The maximum Gasteiger partial charge on any atom is 0.435 e. The molecule has 1 heterocycles. The number of carboxylic acid groups (broad SMARTS) is 1. The number of nitrogens with zero attached hydrogens (tertiary/aromatic N) is 2. The third-order valence-corrected chi connectivity index (χ3v) is 3.05. The quantitative estimate of drug-likeness (QED) is 0.807. The molecule has 1 unspecified atom stereocenters. The van der Waals surface area contributed by atoms with Crippen molar-refractivity contribution in [1.29, 1.82) is 0 Å². The Hall–Kier alpha value is -2.06. The Labute approximate surface area is 125 Å². The maximum atomic E-state index is 12.9. The minimum atomic E-state index is -4.78. The molecule has 0 aromatic carbocycles. The standard InChI is InChI=1S/C13H18F3N3O3/c1-3-5-6-9(12(21)22)17-11(20)8-7-19(4-2)18-10(8)13(14,15)16/h7,9H,3-6H2,1-2H3,(H,17,20)(H,21,22). The number of alkyl halides is 3. The number of carbonyl (C=O) groups is 2. The lowest BCUT2D eigenvalue weighted by atomic mass is 10.1. The van der Waals surface area contributed by atoms with Gasteiger partial charge in [-0.15, -0.1) is 0 Å². The van der Waals surface area contributed by atoms with Crippen molar-refractivity contribution >= 4 is 11.9 Å². The summed E-state index contributed by atoms with van der Waals surface area (Å²) in [5.41, 5.74) is -1.98. The van der Waals surface area contributed by atoms with Crippen LogP contribution in [0.15, 0.2) is 6.20 Å². The summed E-state index contributed by atoms with van der Waals surface area (Å²) in [5.74, 6) is -2.37. The Morgan fingerprint density at radius 3 is 2.50 bits per heavy atom. The molecule has 124 valence electrons. The average Bonchev–Trinajstić information content (AvgIpc) is 2.87. The molecular formula is C13H18F3N3O3. The first kappa shape index (κ1) is 18.0.